The van der Waals surface area contributed by atoms with Crippen molar-refractivity contribution in [2.24, 2.45) is 0 Å². The van der Waals surface area contributed by atoms with Crippen LogP contribution in [0.2, 0.25) is 5.28 Å². The Morgan fingerprint density at radius 2 is 1.39 bits per heavy atom. The highest BCUT2D eigenvalue weighted by atomic mass is 35.5. The molecule has 0 fully saturated rings. The van der Waals surface area contributed by atoms with Crippen molar-refractivity contribution in [2.75, 3.05) is 0 Å². The number of hydrogen-bond donors (Lipinski definition) is 0. The molecule has 3 heteroatoms. The van der Waals surface area contributed by atoms with Gasteiger partial charge in [-0.05, 0) is 74.5 Å². The lowest BCUT2D eigenvalue weighted by Crippen LogP contribution is -1.98. The van der Waals surface area contributed by atoms with Crippen LogP contribution in [-0.2, 0) is 0 Å². The second-order valence-corrected chi connectivity index (χ2v) is 5.14. The molecule has 1 heterocycles. The van der Waals surface area contributed by atoms with Crippen molar-refractivity contribution < 1.29 is 0 Å². The molecule has 0 atom stereocenters. The number of hydrogen-bond acceptors (Lipinski definition) is 2. The summed E-state index contributed by atoms with van der Waals surface area (Å²) in [5, 5.41) is 0.308. The summed E-state index contributed by atoms with van der Waals surface area (Å²) in [5.41, 5.74) is 8.05. The first-order valence-corrected chi connectivity index (χ1v) is 6.37. The number of rotatable bonds is 1. The van der Waals surface area contributed by atoms with E-state index < -0.39 is 0 Å². The minimum absolute atomic E-state index is 0.308. The van der Waals surface area contributed by atoms with Crippen LogP contribution in [0, 0.1) is 34.6 Å². The molecule has 0 spiro atoms. The molecule has 1 aromatic heterocycles. The third-order valence-electron chi connectivity index (χ3n) is 3.45. The van der Waals surface area contributed by atoms with Gasteiger partial charge in [-0.2, -0.15) is 0 Å². The zero-order valence-electron chi connectivity index (χ0n) is 11.4. The topological polar surface area (TPSA) is 25.8 Å². The number of aryl methyl sites for hydroxylation is 3. The van der Waals surface area contributed by atoms with E-state index in [1.807, 2.05) is 13.0 Å². The van der Waals surface area contributed by atoms with E-state index in [0.717, 1.165) is 11.4 Å². The number of benzene rings is 1. The van der Waals surface area contributed by atoms with Gasteiger partial charge in [-0.1, -0.05) is 6.07 Å². The molecule has 0 saturated heterocycles. The van der Waals surface area contributed by atoms with E-state index in [0.29, 0.717) is 5.28 Å². The van der Waals surface area contributed by atoms with Gasteiger partial charge in [-0.15, -0.1) is 0 Å². The number of nitrogens with zero attached hydrogens (tertiary/aromatic N) is 2. The average molecular weight is 261 g/mol. The van der Waals surface area contributed by atoms with Gasteiger partial charge >= 0.3 is 0 Å². The van der Waals surface area contributed by atoms with Crippen molar-refractivity contribution in [3.8, 4) is 11.3 Å². The second-order valence-electron chi connectivity index (χ2n) is 4.80. The van der Waals surface area contributed by atoms with Crippen LogP contribution in [0.25, 0.3) is 11.3 Å². The summed E-state index contributed by atoms with van der Waals surface area (Å²) in [7, 11) is 0. The van der Waals surface area contributed by atoms with Crippen molar-refractivity contribution in [3.63, 3.8) is 0 Å². The first kappa shape index (κ1) is 13.0. The molecule has 0 aliphatic carbocycles. The maximum absolute atomic E-state index is 5.96. The van der Waals surface area contributed by atoms with E-state index in [2.05, 4.69) is 43.7 Å². The fourth-order valence-corrected chi connectivity index (χ4v) is 2.49. The first-order chi connectivity index (χ1) is 8.40. The quantitative estimate of drug-likeness (QED) is 0.713. The predicted molar refractivity (Wildman–Crippen MR) is 76.2 cm³/mol. The highest BCUT2D eigenvalue weighted by molar-refractivity contribution is 6.28. The van der Waals surface area contributed by atoms with Gasteiger partial charge in [0.1, 0.15) is 0 Å². The van der Waals surface area contributed by atoms with E-state index in [1.165, 1.54) is 27.8 Å². The zero-order valence-corrected chi connectivity index (χ0v) is 12.2. The lowest BCUT2D eigenvalue weighted by atomic mass is 9.92. The van der Waals surface area contributed by atoms with Crippen LogP contribution in [0.15, 0.2) is 12.1 Å². The molecule has 0 amide bonds. The van der Waals surface area contributed by atoms with E-state index in [1.54, 1.807) is 0 Å². The number of aromatic nitrogens is 2. The summed E-state index contributed by atoms with van der Waals surface area (Å²) in [4.78, 5) is 8.48. The Kier molecular flexibility index (Phi) is 3.40. The summed E-state index contributed by atoms with van der Waals surface area (Å²) in [6.45, 7) is 10.4. The fourth-order valence-electron chi connectivity index (χ4n) is 2.26. The van der Waals surface area contributed by atoms with Crippen molar-refractivity contribution in [2.45, 2.75) is 34.6 Å². The second kappa shape index (κ2) is 4.69. The third-order valence-corrected chi connectivity index (χ3v) is 3.62. The maximum Gasteiger partial charge on any atom is 0.223 e. The molecule has 0 saturated carbocycles. The summed E-state index contributed by atoms with van der Waals surface area (Å²) >= 11 is 5.96. The van der Waals surface area contributed by atoms with Gasteiger partial charge in [0.25, 0.3) is 0 Å². The minimum Gasteiger partial charge on any atom is -0.223 e. The van der Waals surface area contributed by atoms with E-state index in [4.69, 9.17) is 11.6 Å². The maximum atomic E-state index is 5.96. The molecule has 0 aliphatic rings. The molecule has 2 rings (SSSR count). The molecular formula is C15H17ClN2. The Labute approximate surface area is 113 Å². The Hall–Kier alpha value is -1.41. The first-order valence-electron chi connectivity index (χ1n) is 5.99. The van der Waals surface area contributed by atoms with Crippen LogP contribution in [0.1, 0.15) is 27.9 Å². The molecule has 18 heavy (non-hydrogen) atoms. The molecule has 0 radical (unpaired) electrons. The van der Waals surface area contributed by atoms with Crippen molar-refractivity contribution >= 4 is 11.6 Å². The lowest BCUT2D eigenvalue weighted by Gasteiger charge is -2.15. The Balaban J connectivity index is 2.78. The molecule has 2 nitrogen and oxygen atoms in total. The molecule has 1 aromatic carbocycles. The van der Waals surface area contributed by atoms with E-state index >= 15 is 0 Å². The van der Waals surface area contributed by atoms with Crippen LogP contribution < -0.4 is 0 Å². The van der Waals surface area contributed by atoms with Crippen LogP contribution in [0.3, 0.4) is 0 Å². The molecule has 0 unspecified atom stereocenters. The number of halogens is 1. The van der Waals surface area contributed by atoms with E-state index in [9.17, 15) is 0 Å². The molecule has 0 aliphatic heterocycles. The molecule has 2 aromatic rings. The fraction of sp³-hybridized carbons (Fsp3) is 0.333. The molecule has 94 valence electrons. The van der Waals surface area contributed by atoms with Gasteiger partial charge in [-0.3, -0.25) is 0 Å². The smallest absolute Gasteiger partial charge is 0.223 e. The van der Waals surface area contributed by atoms with Gasteiger partial charge < -0.3 is 0 Å². The van der Waals surface area contributed by atoms with Gasteiger partial charge in [0.2, 0.25) is 5.28 Å². The largest absolute Gasteiger partial charge is 0.223 e. The highest BCUT2D eigenvalue weighted by Crippen LogP contribution is 2.31. The Morgan fingerprint density at radius 3 is 1.89 bits per heavy atom. The predicted octanol–water partition coefficient (Wildman–Crippen LogP) is 4.34. The monoisotopic (exact) mass is 260 g/mol. The lowest BCUT2D eigenvalue weighted by molar-refractivity contribution is 1.10. The van der Waals surface area contributed by atoms with Gasteiger partial charge in [0.05, 0.1) is 5.69 Å². The average Bonchev–Trinajstić information content (AvgIpc) is 2.25. The van der Waals surface area contributed by atoms with Crippen molar-refractivity contribution in [3.05, 3.63) is 45.4 Å². The summed E-state index contributed by atoms with van der Waals surface area (Å²) in [6, 6.07) is 4.20. The Morgan fingerprint density at radius 1 is 0.833 bits per heavy atom. The summed E-state index contributed by atoms with van der Waals surface area (Å²) < 4.78 is 0. The summed E-state index contributed by atoms with van der Waals surface area (Å²) in [5.74, 6) is 0. The van der Waals surface area contributed by atoms with Gasteiger partial charge in [0.15, 0.2) is 0 Å². The van der Waals surface area contributed by atoms with Gasteiger partial charge in [0, 0.05) is 11.3 Å². The normalized spacial score (nSPS) is 10.8. The Bertz CT molecular complexity index is 572. The molecular weight excluding hydrogens is 244 g/mol. The van der Waals surface area contributed by atoms with Gasteiger partial charge in [-0.25, -0.2) is 9.97 Å². The third kappa shape index (κ3) is 2.25. The zero-order chi connectivity index (χ0) is 13.4. The molecule has 0 bridgehead atoms. The SMILES string of the molecule is Cc1cc(-c2c(C)c(C)cc(C)c2C)nc(Cl)n1. The standard InChI is InChI=1S/C15H17ClN2/c1-8-6-9(2)12(5)14(11(8)4)13-7-10(3)17-15(16)18-13/h6-7H,1-5H3. The molecule has 0 N–H and O–H groups in total. The van der Waals surface area contributed by atoms with E-state index in [-0.39, 0.29) is 0 Å². The van der Waals surface area contributed by atoms with Crippen LogP contribution >= 0.6 is 11.6 Å². The summed E-state index contributed by atoms with van der Waals surface area (Å²) in [6.07, 6.45) is 0. The van der Waals surface area contributed by atoms with Crippen molar-refractivity contribution in [1.29, 1.82) is 0 Å². The van der Waals surface area contributed by atoms with Crippen LogP contribution in [0.4, 0.5) is 0 Å². The van der Waals surface area contributed by atoms with Crippen LogP contribution in [0.5, 0.6) is 0 Å². The van der Waals surface area contributed by atoms with Crippen molar-refractivity contribution in [1.82, 2.24) is 9.97 Å². The van der Waals surface area contributed by atoms with Crippen LogP contribution in [-0.4, -0.2) is 9.97 Å². The minimum atomic E-state index is 0.308. The highest BCUT2D eigenvalue weighted by Gasteiger charge is 2.12.